The number of hydrogen-bond donors (Lipinski definition) is 1. The average Bonchev–Trinajstić information content (AvgIpc) is 3.58. The first-order valence-electron chi connectivity index (χ1n) is 11.9. The lowest BCUT2D eigenvalue weighted by Gasteiger charge is -2.24. The van der Waals surface area contributed by atoms with E-state index in [1.54, 1.807) is 0 Å². The summed E-state index contributed by atoms with van der Waals surface area (Å²) >= 11 is 0. The number of rotatable bonds is 5. The highest BCUT2D eigenvalue weighted by molar-refractivity contribution is 6.03. The van der Waals surface area contributed by atoms with E-state index < -0.39 is 0 Å². The number of aromatic nitrogens is 2. The number of anilines is 1. The van der Waals surface area contributed by atoms with Crippen LogP contribution in [0.4, 0.5) is 5.69 Å². The van der Waals surface area contributed by atoms with Crippen molar-refractivity contribution in [1.82, 2.24) is 9.97 Å². The molecule has 0 bridgehead atoms. The van der Waals surface area contributed by atoms with Gasteiger partial charge in [-0.05, 0) is 47.0 Å². The molecule has 36 heavy (non-hydrogen) atoms. The monoisotopic (exact) mass is 465 g/mol. The van der Waals surface area contributed by atoms with Gasteiger partial charge in [-0.3, -0.25) is 5.01 Å². The van der Waals surface area contributed by atoms with Crippen molar-refractivity contribution in [3.63, 3.8) is 0 Å². The number of para-hydroxylation sites is 2. The van der Waals surface area contributed by atoms with Gasteiger partial charge in [-0.25, -0.2) is 4.98 Å². The number of nitriles is 1. The Bertz CT molecular complexity index is 1570. The van der Waals surface area contributed by atoms with E-state index in [2.05, 4.69) is 69.6 Å². The van der Waals surface area contributed by atoms with Gasteiger partial charge in [-0.15, -0.1) is 0 Å². The molecule has 5 aromatic rings. The number of fused-ring (bicyclic) bond motifs is 1. The van der Waals surface area contributed by atoms with E-state index in [9.17, 15) is 5.26 Å². The highest BCUT2D eigenvalue weighted by Gasteiger charge is 2.29. The summed E-state index contributed by atoms with van der Waals surface area (Å²) in [6.07, 6.45) is 2.69. The van der Waals surface area contributed by atoms with Gasteiger partial charge < -0.3 is 4.98 Å². The van der Waals surface area contributed by atoms with Crippen LogP contribution in [0, 0.1) is 11.3 Å². The summed E-state index contributed by atoms with van der Waals surface area (Å²) in [6.45, 7) is 0. The van der Waals surface area contributed by atoms with Crippen molar-refractivity contribution in [2.45, 2.75) is 12.5 Å². The van der Waals surface area contributed by atoms with Crippen LogP contribution < -0.4 is 5.01 Å². The fraction of sp³-hybridized carbons (Fsp3) is 0.0645. The molecule has 5 nitrogen and oxygen atoms in total. The van der Waals surface area contributed by atoms with E-state index in [1.165, 1.54) is 5.56 Å². The minimum Gasteiger partial charge on any atom is -0.337 e. The Labute approximate surface area is 209 Å². The van der Waals surface area contributed by atoms with Gasteiger partial charge in [0.25, 0.3) is 0 Å². The quantitative estimate of drug-likeness (QED) is 0.285. The van der Waals surface area contributed by atoms with Crippen molar-refractivity contribution in [3.05, 3.63) is 132 Å². The van der Waals surface area contributed by atoms with Crippen LogP contribution in [0.25, 0.3) is 22.7 Å². The van der Waals surface area contributed by atoms with Crippen LogP contribution in [0.5, 0.6) is 0 Å². The number of H-pyrrole nitrogens is 1. The van der Waals surface area contributed by atoms with E-state index in [4.69, 9.17) is 5.10 Å². The predicted molar refractivity (Wildman–Crippen MR) is 145 cm³/mol. The Balaban J connectivity index is 1.32. The zero-order valence-corrected chi connectivity index (χ0v) is 19.5. The first-order valence-corrected chi connectivity index (χ1v) is 11.9. The van der Waals surface area contributed by atoms with Crippen LogP contribution in [-0.4, -0.2) is 15.7 Å². The Hall–Kier alpha value is -4.95. The lowest BCUT2D eigenvalue weighted by atomic mass is 9.98. The van der Waals surface area contributed by atoms with Crippen LogP contribution >= 0.6 is 0 Å². The fourth-order valence-corrected chi connectivity index (χ4v) is 4.61. The topological polar surface area (TPSA) is 68.1 Å². The number of aromatic amines is 1. The van der Waals surface area contributed by atoms with E-state index in [1.807, 2.05) is 66.7 Å². The molecule has 0 amide bonds. The molecule has 0 radical (unpaired) electrons. The van der Waals surface area contributed by atoms with Crippen molar-refractivity contribution in [2.75, 3.05) is 5.01 Å². The Morgan fingerprint density at radius 3 is 2.28 bits per heavy atom. The molecule has 172 valence electrons. The van der Waals surface area contributed by atoms with Crippen LogP contribution in [0.1, 0.15) is 35.0 Å². The van der Waals surface area contributed by atoms with Crippen LogP contribution in [0.3, 0.4) is 0 Å². The zero-order chi connectivity index (χ0) is 24.3. The number of hydrogen-bond acceptors (Lipinski definition) is 4. The number of hydrazone groups is 1. The summed E-state index contributed by atoms with van der Waals surface area (Å²) in [7, 11) is 0. The smallest absolute Gasteiger partial charge is 0.149 e. The normalized spacial score (nSPS) is 15.6. The van der Waals surface area contributed by atoms with Crippen molar-refractivity contribution in [2.24, 2.45) is 5.10 Å². The third-order valence-electron chi connectivity index (χ3n) is 6.44. The first kappa shape index (κ1) is 21.6. The summed E-state index contributed by atoms with van der Waals surface area (Å²) < 4.78 is 0. The van der Waals surface area contributed by atoms with Crippen LogP contribution in [0.15, 0.2) is 114 Å². The van der Waals surface area contributed by atoms with Gasteiger partial charge in [0, 0.05) is 6.42 Å². The Kier molecular flexibility index (Phi) is 5.61. The standard InChI is InChI=1S/C31H23N5/c32-21-25(31-33-27-13-7-8-14-28(27)34-31)19-22-15-17-26(18-16-22)36-30(24-11-5-2-6-12-24)20-29(35-36)23-9-3-1-4-10-23/h1-19,30H,20H2,(H,33,34). The largest absolute Gasteiger partial charge is 0.337 e. The van der Waals surface area contributed by atoms with Gasteiger partial charge in [-0.1, -0.05) is 84.9 Å². The first-order chi connectivity index (χ1) is 17.8. The van der Waals surface area contributed by atoms with Gasteiger partial charge in [-0.2, -0.15) is 10.4 Å². The molecule has 1 unspecified atom stereocenters. The third-order valence-corrected chi connectivity index (χ3v) is 6.44. The van der Waals surface area contributed by atoms with Crippen LogP contribution in [-0.2, 0) is 0 Å². The van der Waals surface area contributed by atoms with Crippen LogP contribution in [0.2, 0.25) is 0 Å². The molecule has 4 aromatic carbocycles. The molecular formula is C31H23N5. The summed E-state index contributed by atoms with van der Waals surface area (Å²) in [6, 6.07) is 39.2. The molecule has 1 aliphatic heterocycles. The van der Waals surface area contributed by atoms with Crippen molar-refractivity contribution < 1.29 is 0 Å². The second-order valence-electron chi connectivity index (χ2n) is 8.75. The molecule has 1 atom stereocenters. The summed E-state index contributed by atoms with van der Waals surface area (Å²) in [5.74, 6) is 0.573. The number of nitrogens with one attached hydrogen (secondary N) is 1. The molecule has 0 saturated carbocycles. The second-order valence-corrected chi connectivity index (χ2v) is 8.75. The number of allylic oxidation sites excluding steroid dienone is 1. The maximum absolute atomic E-state index is 9.79. The molecule has 0 saturated heterocycles. The van der Waals surface area contributed by atoms with Gasteiger partial charge in [0.15, 0.2) is 0 Å². The van der Waals surface area contributed by atoms with Crippen molar-refractivity contribution >= 4 is 34.1 Å². The van der Waals surface area contributed by atoms with E-state index >= 15 is 0 Å². The highest BCUT2D eigenvalue weighted by Crippen LogP contribution is 2.36. The van der Waals surface area contributed by atoms with E-state index in [0.29, 0.717) is 11.4 Å². The van der Waals surface area contributed by atoms with Gasteiger partial charge in [0.05, 0.1) is 34.0 Å². The van der Waals surface area contributed by atoms with E-state index in [0.717, 1.165) is 40.0 Å². The summed E-state index contributed by atoms with van der Waals surface area (Å²) in [5, 5.41) is 16.9. The fourth-order valence-electron chi connectivity index (χ4n) is 4.61. The number of benzene rings is 4. The highest BCUT2D eigenvalue weighted by atomic mass is 15.5. The molecule has 0 fully saturated rings. The SMILES string of the molecule is N#CC(=Cc1ccc(N2N=C(c3ccccc3)CC2c2ccccc2)cc1)c1nc2ccccc2[nH]1. The molecular weight excluding hydrogens is 442 g/mol. The summed E-state index contributed by atoms with van der Waals surface area (Å²) in [4.78, 5) is 7.81. The molecule has 6 rings (SSSR count). The van der Waals surface area contributed by atoms with Crippen molar-refractivity contribution in [1.29, 1.82) is 5.26 Å². The lowest BCUT2D eigenvalue weighted by Crippen LogP contribution is -2.18. The molecule has 1 N–H and O–H groups in total. The second kappa shape index (κ2) is 9.36. The Morgan fingerprint density at radius 1 is 0.861 bits per heavy atom. The lowest BCUT2D eigenvalue weighted by molar-refractivity contribution is 0.709. The number of imidazole rings is 1. The number of nitrogens with zero attached hydrogens (tertiary/aromatic N) is 4. The molecule has 1 aliphatic rings. The molecule has 0 aliphatic carbocycles. The van der Waals surface area contributed by atoms with Crippen molar-refractivity contribution in [3.8, 4) is 6.07 Å². The molecule has 1 aromatic heterocycles. The minimum atomic E-state index is 0.119. The summed E-state index contributed by atoms with van der Waals surface area (Å²) in [5.41, 5.74) is 7.64. The van der Waals surface area contributed by atoms with E-state index in [-0.39, 0.29) is 6.04 Å². The molecule has 5 heteroatoms. The molecule has 0 spiro atoms. The Morgan fingerprint density at radius 2 is 1.56 bits per heavy atom. The van der Waals surface area contributed by atoms with Gasteiger partial charge in [0.1, 0.15) is 11.9 Å². The van der Waals surface area contributed by atoms with Gasteiger partial charge in [0.2, 0.25) is 0 Å². The van der Waals surface area contributed by atoms with Gasteiger partial charge >= 0.3 is 0 Å². The average molecular weight is 466 g/mol. The maximum Gasteiger partial charge on any atom is 0.149 e. The predicted octanol–water partition coefficient (Wildman–Crippen LogP) is 6.98. The molecule has 2 heterocycles. The maximum atomic E-state index is 9.79. The minimum absolute atomic E-state index is 0.119. The third kappa shape index (κ3) is 4.17. The zero-order valence-electron chi connectivity index (χ0n) is 19.5.